The normalized spacial score (nSPS) is 12.0. The van der Waals surface area contributed by atoms with Gasteiger partial charge in [0.25, 0.3) is 0 Å². The Kier molecular flexibility index (Phi) is 9.32. The number of benzene rings is 2. The summed E-state index contributed by atoms with van der Waals surface area (Å²) in [6.45, 7) is 8.41. The molecule has 0 aliphatic heterocycles. The van der Waals surface area contributed by atoms with Crippen LogP contribution in [0.1, 0.15) is 64.9 Å². The average molecular weight is 452 g/mol. The molecule has 0 radical (unpaired) electrons. The third-order valence-corrected chi connectivity index (χ3v) is 5.63. The van der Waals surface area contributed by atoms with E-state index in [2.05, 4.69) is 33.0 Å². The molecule has 0 saturated carbocycles. The zero-order valence-corrected chi connectivity index (χ0v) is 19.9. The van der Waals surface area contributed by atoms with E-state index in [4.69, 9.17) is 32.7 Å². The lowest BCUT2D eigenvalue weighted by Gasteiger charge is -2.16. The summed E-state index contributed by atoms with van der Waals surface area (Å²) in [5.41, 5.74) is 1.59. The first kappa shape index (κ1) is 24.4. The van der Waals surface area contributed by atoms with E-state index in [1.807, 2.05) is 18.2 Å². The molecule has 0 saturated heterocycles. The molecule has 0 aromatic heterocycles. The highest BCUT2D eigenvalue weighted by molar-refractivity contribution is 6.37. The number of amides is 1. The van der Waals surface area contributed by atoms with Crippen molar-refractivity contribution >= 4 is 34.8 Å². The fraction of sp³-hybridized carbons (Fsp3) is 0.458. The van der Waals surface area contributed by atoms with Crippen LogP contribution in [0.15, 0.2) is 30.3 Å². The summed E-state index contributed by atoms with van der Waals surface area (Å²) < 4.78 is 11.4. The summed E-state index contributed by atoms with van der Waals surface area (Å²) in [5.74, 6) is 2.40. The van der Waals surface area contributed by atoms with E-state index >= 15 is 0 Å². The third kappa shape index (κ3) is 6.55. The molecule has 2 aromatic carbocycles. The van der Waals surface area contributed by atoms with E-state index in [0.29, 0.717) is 39.6 Å². The Bertz CT molecular complexity index is 845. The van der Waals surface area contributed by atoms with Crippen molar-refractivity contribution in [1.29, 1.82) is 0 Å². The van der Waals surface area contributed by atoms with Gasteiger partial charge in [0.15, 0.2) is 5.75 Å². The van der Waals surface area contributed by atoms with Crippen molar-refractivity contribution in [3.63, 3.8) is 0 Å². The standard InChI is InChI=1S/C24H31Cl2NO3/c1-6-8-16(7-2)11-23(28)27-17-12-20(25)24(21(26)13-17)30-18-9-10-22(29-5)19(14-18)15(3)4/h9-10,12-16H,6-8,11H2,1-5H3,(H,27,28). The summed E-state index contributed by atoms with van der Waals surface area (Å²) >= 11 is 12.9. The van der Waals surface area contributed by atoms with Crippen molar-refractivity contribution in [3.8, 4) is 17.2 Å². The fourth-order valence-corrected chi connectivity index (χ4v) is 3.97. The second-order valence-corrected chi connectivity index (χ2v) is 8.56. The molecule has 164 valence electrons. The van der Waals surface area contributed by atoms with Crippen LogP contribution >= 0.6 is 23.2 Å². The van der Waals surface area contributed by atoms with Crippen molar-refractivity contribution in [2.75, 3.05) is 12.4 Å². The van der Waals surface area contributed by atoms with Gasteiger partial charge < -0.3 is 14.8 Å². The molecule has 4 nitrogen and oxygen atoms in total. The Balaban J connectivity index is 2.17. The first-order chi connectivity index (χ1) is 14.3. The molecule has 0 fully saturated rings. The largest absolute Gasteiger partial charge is 0.496 e. The molecule has 6 heteroatoms. The molecular weight excluding hydrogens is 421 g/mol. The maximum absolute atomic E-state index is 12.4. The predicted octanol–water partition coefficient (Wildman–Crippen LogP) is 8.07. The Labute approximate surface area is 189 Å². The number of anilines is 1. The lowest BCUT2D eigenvalue weighted by Crippen LogP contribution is -2.16. The minimum atomic E-state index is -0.0344. The summed E-state index contributed by atoms with van der Waals surface area (Å²) in [6, 6.07) is 8.92. The van der Waals surface area contributed by atoms with Crippen LogP contribution in [0.4, 0.5) is 5.69 Å². The Morgan fingerprint density at radius 1 is 1.10 bits per heavy atom. The van der Waals surface area contributed by atoms with Crippen molar-refractivity contribution < 1.29 is 14.3 Å². The van der Waals surface area contributed by atoms with Gasteiger partial charge in [0.1, 0.15) is 11.5 Å². The molecule has 30 heavy (non-hydrogen) atoms. The Morgan fingerprint density at radius 3 is 2.30 bits per heavy atom. The van der Waals surface area contributed by atoms with Gasteiger partial charge in [-0.25, -0.2) is 0 Å². The van der Waals surface area contributed by atoms with Crippen molar-refractivity contribution in [1.82, 2.24) is 0 Å². The van der Waals surface area contributed by atoms with Gasteiger partial charge in [-0.05, 0) is 42.2 Å². The van der Waals surface area contributed by atoms with Crippen molar-refractivity contribution in [3.05, 3.63) is 45.9 Å². The van der Waals surface area contributed by atoms with E-state index in [1.165, 1.54) is 0 Å². The molecule has 2 aromatic rings. The monoisotopic (exact) mass is 451 g/mol. The third-order valence-electron chi connectivity index (χ3n) is 5.07. The molecule has 0 spiro atoms. The van der Waals surface area contributed by atoms with E-state index in [9.17, 15) is 4.79 Å². The van der Waals surface area contributed by atoms with Gasteiger partial charge in [0.05, 0.1) is 17.2 Å². The van der Waals surface area contributed by atoms with Crippen molar-refractivity contribution in [2.45, 2.75) is 59.3 Å². The van der Waals surface area contributed by atoms with Crippen LogP contribution in [0.5, 0.6) is 17.2 Å². The van der Waals surface area contributed by atoms with Gasteiger partial charge >= 0.3 is 0 Å². The number of nitrogens with one attached hydrogen (secondary N) is 1. The van der Waals surface area contributed by atoms with Gasteiger partial charge in [-0.15, -0.1) is 0 Å². The maximum atomic E-state index is 12.4. The van der Waals surface area contributed by atoms with Crippen LogP contribution in [0.25, 0.3) is 0 Å². The Morgan fingerprint density at radius 2 is 1.77 bits per heavy atom. The topological polar surface area (TPSA) is 47.6 Å². The summed E-state index contributed by atoms with van der Waals surface area (Å²) in [4.78, 5) is 12.4. The van der Waals surface area contributed by atoms with Crippen LogP contribution in [-0.2, 0) is 4.79 Å². The van der Waals surface area contributed by atoms with Gasteiger partial charge in [0, 0.05) is 17.7 Å². The first-order valence-electron chi connectivity index (χ1n) is 10.4. The van der Waals surface area contributed by atoms with Gasteiger partial charge in [-0.1, -0.05) is 70.2 Å². The summed E-state index contributed by atoms with van der Waals surface area (Å²) in [6.07, 6.45) is 3.58. The summed E-state index contributed by atoms with van der Waals surface area (Å²) in [5, 5.41) is 3.56. The summed E-state index contributed by atoms with van der Waals surface area (Å²) in [7, 11) is 1.65. The highest BCUT2D eigenvalue weighted by Gasteiger charge is 2.16. The lowest BCUT2D eigenvalue weighted by atomic mass is 9.97. The molecule has 0 heterocycles. The molecule has 1 atom stereocenters. The van der Waals surface area contributed by atoms with Crippen LogP contribution < -0.4 is 14.8 Å². The number of rotatable bonds is 10. The second kappa shape index (κ2) is 11.5. The van der Waals surface area contributed by atoms with Crippen molar-refractivity contribution in [2.24, 2.45) is 5.92 Å². The molecule has 0 aliphatic rings. The van der Waals surface area contributed by atoms with E-state index in [0.717, 1.165) is 30.6 Å². The predicted molar refractivity (Wildman–Crippen MR) is 126 cm³/mol. The van der Waals surface area contributed by atoms with E-state index in [1.54, 1.807) is 19.2 Å². The smallest absolute Gasteiger partial charge is 0.224 e. The number of ether oxygens (including phenoxy) is 2. The number of hydrogen-bond acceptors (Lipinski definition) is 3. The molecular formula is C24H31Cl2NO3. The van der Waals surface area contributed by atoms with Gasteiger partial charge in [-0.3, -0.25) is 4.79 Å². The average Bonchev–Trinajstić information content (AvgIpc) is 2.70. The highest BCUT2D eigenvalue weighted by atomic mass is 35.5. The number of carbonyl (C=O) groups excluding carboxylic acids is 1. The molecule has 2 rings (SSSR count). The van der Waals surface area contributed by atoms with Crippen LogP contribution in [0.3, 0.4) is 0 Å². The molecule has 1 amide bonds. The minimum Gasteiger partial charge on any atom is -0.496 e. The van der Waals surface area contributed by atoms with E-state index < -0.39 is 0 Å². The van der Waals surface area contributed by atoms with Crippen LogP contribution in [0.2, 0.25) is 10.0 Å². The number of halogens is 2. The second-order valence-electron chi connectivity index (χ2n) is 7.74. The van der Waals surface area contributed by atoms with Crippen LogP contribution in [0, 0.1) is 5.92 Å². The first-order valence-corrected chi connectivity index (χ1v) is 11.2. The molecule has 0 aliphatic carbocycles. The SMILES string of the molecule is CCCC(CC)CC(=O)Nc1cc(Cl)c(Oc2ccc(OC)c(C(C)C)c2)c(Cl)c1. The van der Waals surface area contributed by atoms with Crippen LogP contribution in [-0.4, -0.2) is 13.0 Å². The quantitative estimate of drug-likeness (QED) is 0.396. The zero-order chi connectivity index (χ0) is 22.3. The highest BCUT2D eigenvalue weighted by Crippen LogP contribution is 2.40. The molecule has 0 bridgehead atoms. The molecule has 1 N–H and O–H groups in total. The van der Waals surface area contributed by atoms with E-state index in [-0.39, 0.29) is 11.8 Å². The maximum Gasteiger partial charge on any atom is 0.224 e. The van der Waals surface area contributed by atoms with Gasteiger partial charge in [-0.2, -0.15) is 0 Å². The zero-order valence-electron chi connectivity index (χ0n) is 18.4. The Hall–Kier alpha value is -1.91. The number of carbonyl (C=O) groups is 1. The number of methoxy groups -OCH3 is 1. The molecule has 1 unspecified atom stereocenters. The number of hydrogen-bond donors (Lipinski definition) is 1. The minimum absolute atomic E-state index is 0.0344. The fourth-order valence-electron chi connectivity index (χ4n) is 3.41. The van der Waals surface area contributed by atoms with Gasteiger partial charge in [0.2, 0.25) is 5.91 Å². The lowest BCUT2D eigenvalue weighted by molar-refractivity contribution is -0.117.